The van der Waals surface area contributed by atoms with Crippen molar-refractivity contribution < 1.29 is 19.1 Å². The van der Waals surface area contributed by atoms with Gasteiger partial charge in [-0.25, -0.2) is 14.2 Å². The number of pyridine rings is 2. The molecule has 2 aromatic heterocycles. The molecule has 0 bridgehead atoms. The molecule has 0 fully saturated rings. The summed E-state index contributed by atoms with van der Waals surface area (Å²) in [5.41, 5.74) is 8.40. The van der Waals surface area contributed by atoms with E-state index in [0.717, 1.165) is 25.0 Å². The maximum absolute atomic E-state index is 13.0. The standard InChI is InChI=1S/C23H24FN5O.CH3NO2/c1-23(2)14-25-11-15-10-17(7-8-20(15)23)29-22(30)19-4-3-9-26-21(19)28-13-18-6-5-16(24)12-27-18;2-1(3)4/h3-10,12,25H,11,13-14H2,1-2H3,(H,26,28)(H,29,30);2H2,(H,3,4). The first-order valence-electron chi connectivity index (χ1n) is 10.6. The van der Waals surface area contributed by atoms with Gasteiger partial charge in [0.15, 0.2) is 0 Å². The van der Waals surface area contributed by atoms with Gasteiger partial charge in [-0.15, -0.1) is 0 Å². The van der Waals surface area contributed by atoms with Crippen LogP contribution in [0.2, 0.25) is 0 Å². The van der Waals surface area contributed by atoms with Gasteiger partial charge in [0.2, 0.25) is 0 Å². The number of aromatic nitrogens is 2. The zero-order valence-electron chi connectivity index (χ0n) is 18.9. The molecule has 0 aliphatic carbocycles. The number of carbonyl (C=O) groups excluding carboxylic acids is 1. The molecule has 4 rings (SSSR count). The van der Waals surface area contributed by atoms with E-state index in [-0.39, 0.29) is 17.1 Å². The number of benzene rings is 1. The third-order valence-electron chi connectivity index (χ3n) is 5.25. The number of hydrogen-bond donors (Lipinski definition) is 5. The molecule has 10 heteroatoms. The lowest BCUT2D eigenvalue weighted by Gasteiger charge is -2.33. The molecule has 178 valence electrons. The van der Waals surface area contributed by atoms with Gasteiger partial charge in [-0.3, -0.25) is 9.78 Å². The third-order valence-corrected chi connectivity index (χ3v) is 5.25. The van der Waals surface area contributed by atoms with E-state index >= 15 is 0 Å². The Bertz CT molecular complexity index is 1160. The molecule has 0 radical (unpaired) electrons. The summed E-state index contributed by atoms with van der Waals surface area (Å²) in [6.07, 6.45) is 1.44. The fourth-order valence-corrected chi connectivity index (χ4v) is 3.70. The molecule has 2 amide bonds. The first-order chi connectivity index (χ1) is 16.2. The van der Waals surface area contributed by atoms with E-state index in [0.29, 0.717) is 23.6 Å². The number of hydrogen-bond acceptors (Lipinski definition) is 6. The van der Waals surface area contributed by atoms with Gasteiger partial charge in [0.1, 0.15) is 11.6 Å². The van der Waals surface area contributed by atoms with E-state index in [2.05, 4.69) is 51.6 Å². The van der Waals surface area contributed by atoms with E-state index in [1.807, 2.05) is 12.1 Å². The quantitative estimate of drug-likeness (QED) is 0.387. The topological polar surface area (TPSA) is 142 Å². The van der Waals surface area contributed by atoms with Crippen LogP contribution in [0.25, 0.3) is 0 Å². The van der Waals surface area contributed by atoms with Crippen molar-refractivity contribution in [2.45, 2.75) is 32.4 Å². The van der Waals surface area contributed by atoms with Crippen LogP contribution in [0.4, 0.5) is 20.7 Å². The van der Waals surface area contributed by atoms with Crippen LogP contribution in [0.3, 0.4) is 0 Å². The van der Waals surface area contributed by atoms with Crippen LogP contribution < -0.4 is 21.7 Å². The minimum Gasteiger partial charge on any atom is -0.465 e. The largest absolute Gasteiger partial charge is 0.465 e. The molecule has 1 aliphatic rings. The van der Waals surface area contributed by atoms with Gasteiger partial charge in [-0.05, 0) is 47.5 Å². The highest BCUT2D eigenvalue weighted by Gasteiger charge is 2.27. The van der Waals surface area contributed by atoms with Crippen LogP contribution >= 0.6 is 0 Å². The molecule has 6 N–H and O–H groups in total. The summed E-state index contributed by atoms with van der Waals surface area (Å²) < 4.78 is 13.0. The molecule has 0 atom stereocenters. The van der Waals surface area contributed by atoms with Gasteiger partial charge in [0.25, 0.3) is 5.91 Å². The van der Waals surface area contributed by atoms with Crippen molar-refractivity contribution in [2.24, 2.45) is 5.73 Å². The predicted octanol–water partition coefficient (Wildman–Crippen LogP) is 3.48. The Morgan fingerprint density at radius 3 is 2.68 bits per heavy atom. The molecule has 0 unspecified atom stereocenters. The summed E-state index contributed by atoms with van der Waals surface area (Å²) in [4.78, 5) is 30.0. The molecule has 1 aliphatic heterocycles. The molecule has 0 spiro atoms. The van der Waals surface area contributed by atoms with Gasteiger partial charge in [0.05, 0.1) is 24.0 Å². The second-order valence-electron chi connectivity index (χ2n) is 8.37. The first-order valence-corrected chi connectivity index (χ1v) is 10.6. The number of carbonyl (C=O) groups is 2. The minimum absolute atomic E-state index is 0.0605. The van der Waals surface area contributed by atoms with Gasteiger partial charge in [0, 0.05) is 30.4 Å². The van der Waals surface area contributed by atoms with E-state index < -0.39 is 6.09 Å². The summed E-state index contributed by atoms with van der Waals surface area (Å²) in [5, 5.41) is 16.7. The van der Waals surface area contributed by atoms with Gasteiger partial charge < -0.3 is 26.8 Å². The van der Waals surface area contributed by atoms with Gasteiger partial charge in [-0.1, -0.05) is 19.9 Å². The summed E-state index contributed by atoms with van der Waals surface area (Å²) in [5.74, 6) is -0.192. The molecule has 1 aromatic carbocycles. The minimum atomic E-state index is -1.33. The molecule has 0 saturated heterocycles. The van der Waals surface area contributed by atoms with Crippen molar-refractivity contribution in [1.82, 2.24) is 15.3 Å². The SMILES string of the molecule is CC1(C)CNCc2cc(NC(=O)c3cccnc3NCc3ccc(F)cn3)ccc21.NC(=O)O. The van der Waals surface area contributed by atoms with Gasteiger partial charge in [-0.2, -0.15) is 0 Å². The summed E-state index contributed by atoms with van der Waals surface area (Å²) in [6, 6.07) is 12.4. The van der Waals surface area contributed by atoms with Crippen LogP contribution in [-0.2, 0) is 18.5 Å². The Kier molecular flexibility index (Phi) is 7.75. The fraction of sp³-hybridized carbons (Fsp3) is 0.250. The Morgan fingerprint density at radius 2 is 1.97 bits per heavy atom. The third kappa shape index (κ3) is 6.48. The molecule has 34 heavy (non-hydrogen) atoms. The number of rotatable bonds is 5. The molecule has 3 aromatic rings. The fourth-order valence-electron chi connectivity index (χ4n) is 3.70. The number of anilines is 2. The van der Waals surface area contributed by atoms with Crippen molar-refractivity contribution in [3.63, 3.8) is 0 Å². The number of nitrogens with two attached hydrogens (primary N) is 1. The van der Waals surface area contributed by atoms with E-state index in [1.54, 1.807) is 24.4 Å². The molecule has 3 heterocycles. The van der Waals surface area contributed by atoms with Crippen molar-refractivity contribution in [3.05, 3.63) is 83.1 Å². The average molecular weight is 467 g/mol. The number of nitrogens with one attached hydrogen (secondary N) is 3. The highest BCUT2D eigenvalue weighted by molar-refractivity contribution is 6.07. The Hall–Kier alpha value is -4.05. The Balaban J connectivity index is 0.000000751. The summed E-state index contributed by atoms with van der Waals surface area (Å²) in [7, 11) is 0. The van der Waals surface area contributed by atoms with Crippen molar-refractivity contribution >= 4 is 23.5 Å². The van der Waals surface area contributed by atoms with Crippen molar-refractivity contribution in [1.29, 1.82) is 0 Å². The number of amides is 2. The lowest BCUT2D eigenvalue weighted by Crippen LogP contribution is -2.38. The Labute approximate surface area is 196 Å². The normalized spacial score (nSPS) is 13.6. The smallest absolute Gasteiger partial charge is 0.402 e. The monoisotopic (exact) mass is 466 g/mol. The van der Waals surface area contributed by atoms with Crippen LogP contribution in [0.15, 0.2) is 54.9 Å². The number of nitrogens with zero attached hydrogens (tertiary/aromatic N) is 2. The lowest BCUT2D eigenvalue weighted by atomic mass is 9.79. The van der Waals surface area contributed by atoms with Crippen molar-refractivity contribution in [2.75, 3.05) is 17.2 Å². The number of carboxylic acid groups (broad SMARTS) is 1. The second-order valence-corrected chi connectivity index (χ2v) is 8.37. The average Bonchev–Trinajstić information content (AvgIpc) is 2.78. The summed E-state index contributed by atoms with van der Waals surface area (Å²) >= 11 is 0. The molecular weight excluding hydrogens is 439 g/mol. The van der Waals surface area contributed by atoms with Crippen molar-refractivity contribution in [3.8, 4) is 0 Å². The number of halogens is 1. The number of fused-ring (bicyclic) bond motifs is 1. The predicted molar refractivity (Wildman–Crippen MR) is 127 cm³/mol. The van der Waals surface area contributed by atoms with Crippen LogP contribution in [-0.4, -0.2) is 33.6 Å². The van der Waals surface area contributed by atoms with Crippen LogP contribution in [0.5, 0.6) is 0 Å². The van der Waals surface area contributed by atoms with E-state index in [4.69, 9.17) is 9.90 Å². The van der Waals surface area contributed by atoms with E-state index in [1.165, 1.54) is 17.2 Å². The number of primary amides is 1. The van der Waals surface area contributed by atoms with Crippen LogP contribution in [0, 0.1) is 5.82 Å². The summed E-state index contributed by atoms with van der Waals surface area (Å²) in [6.45, 7) is 6.46. The zero-order chi connectivity index (χ0) is 24.7. The molecular formula is C24H27FN6O3. The first kappa shape index (κ1) is 24.6. The Morgan fingerprint density at radius 1 is 1.21 bits per heavy atom. The molecule has 9 nitrogen and oxygen atoms in total. The highest BCUT2D eigenvalue weighted by atomic mass is 19.1. The maximum atomic E-state index is 13.0. The second kappa shape index (κ2) is 10.7. The maximum Gasteiger partial charge on any atom is 0.402 e. The molecule has 0 saturated carbocycles. The van der Waals surface area contributed by atoms with Crippen LogP contribution in [0.1, 0.15) is 41.0 Å². The lowest BCUT2D eigenvalue weighted by molar-refractivity contribution is 0.102. The van der Waals surface area contributed by atoms with Gasteiger partial charge >= 0.3 is 6.09 Å². The van der Waals surface area contributed by atoms with E-state index in [9.17, 15) is 9.18 Å². The zero-order valence-corrected chi connectivity index (χ0v) is 18.9. The highest BCUT2D eigenvalue weighted by Crippen LogP contribution is 2.31.